The summed E-state index contributed by atoms with van der Waals surface area (Å²) in [5.74, 6) is -1.50. The summed E-state index contributed by atoms with van der Waals surface area (Å²) in [4.78, 5) is 41.6. The molecule has 0 spiro atoms. The molecule has 0 radical (unpaired) electrons. The fourth-order valence-electron chi connectivity index (χ4n) is 2.48. The molecule has 3 N–H and O–H groups in total. The Balaban J connectivity index is 0.000000331. The van der Waals surface area contributed by atoms with E-state index in [1.165, 1.54) is 0 Å². The molecule has 0 aliphatic heterocycles. The van der Waals surface area contributed by atoms with E-state index >= 15 is 0 Å². The van der Waals surface area contributed by atoms with Gasteiger partial charge in [-0.05, 0) is 37.4 Å². The molecule has 0 unspecified atom stereocenters. The molecule has 0 aromatic heterocycles. The quantitative estimate of drug-likeness (QED) is 0.238. The Morgan fingerprint density at radius 3 is 1.85 bits per heavy atom. The molecular weight excluding hydrogens is 442 g/mol. The van der Waals surface area contributed by atoms with E-state index < -0.39 is 37.6 Å². The molecular formula is C19H23N5O9. The second-order valence-electron chi connectivity index (χ2n) is 6.39. The average molecular weight is 465 g/mol. The Bertz CT molecular complexity index is 972. The lowest BCUT2D eigenvalue weighted by molar-refractivity contribution is -0.404. The van der Waals surface area contributed by atoms with Crippen molar-refractivity contribution >= 4 is 28.7 Å². The Morgan fingerprint density at radius 1 is 0.970 bits per heavy atom. The van der Waals surface area contributed by atoms with Crippen LogP contribution in [0.3, 0.4) is 0 Å². The van der Waals surface area contributed by atoms with E-state index in [9.17, 15) is 35.1 Å². The van der Waals surface area contributed by atoms with Crippen LogP contribution in [0, 0.1) is 30.3 Å². The zero-order chi connectivity index (χ0) is 25.1. The molecule has 2 rings (SSSR count). The first-order valence-electron chi connectivity index (χ1n) is 9.56. The molecule has 0 saturated heterocycles. The van der Waals surface area contributed by atoms with Gasteiger partial charge in [-0.3, -0.25) is 30.3 Å². The van der Waals surface area contributed by atoms with Crippen LogP contribution >= 0.6 is 0 Å². The number of nitro benzene ring substituents is 3. The SMILES string of the molecule is CCN(CC)CCOC(=O)c1ccc(N)cc1.O=[N+]([O-])c1cc([N+](=O)[O-])c(O)c([N+](=O)[O-])c1. The highest BCUT2D eigenvalue weighted by Crippen LogP contribution is 2.38. The number of esters is 1. The van der Waals surface area contributed by atoms with Gasteiger partial charge < -0.3 is 20.5 Å². The average Bonchev–Trinajstić information content (AvgIpc) is 2.77. The number of anilines is 1. The van der Waals surface area contributed by atoms with Crippen molar-refractivity contribution in [2.75, 3.05) is 32.0 Å². The number of non-ortho nitro benzene ring substituents is 1. The number of nitrogens with zero attached hydrogens (tertiary/aromatic N) is 4. The Labute approximate surface area is 187 Å². The number of ether oxygens (including phenoxy) is 1. The standard InChI is InChI=1S/C13H20N2O2.C6H3N3O7/c1-3-15(4-2)9-10-17-13(16)11-5-7-12(14)8-6-11;10-6-4(8(13)14)1-3(7(11)12)2-5(6)9(15)16/h5-8H,3-4,9-10,14H2,1-2H3;1-2,10H. The lowest BCUT2D eigenvalue weighted by atomic mass is 10.2. The largest absolute Gasteiger partial charge is 0.497 e. The van der Waals surface area contributed by atoms with E-state index in [1.807, 2.05) is 0 Å². The fourth-order valence-corrected chi connectivity index (χ4v) is 2.48. The maximum atomic E-state index is 11.6. The zero-order valence-electron chi connectivity index (χ0n) is 17.9. The molecule has 0 heterocycles. The number of nitrogens with two attached hydrogens (primary N) is 1. The molecule has 2 aromatic rings. The van der Waals surface area contributed by atoms with Gasteiger partial charge in [0.15, 0.2) is 0 Å². The highest BCUT2D eigenvalue weighted by Gasteiger charge is 2.30. The molecule has 178 valence electrons. The van der Waals surface area contributed by atoms with Crippen LogP contribution in [0.1, 0.15) is 24.2 Å². The third kappa shape index (κ3) is 8.02. The third-order valence-corrected chi connectivity index (χ3v) is 4.34. The molecule has 0 atom stereocenters. The molecule has 0 amide bonds. The van der Waals surface area contributed by atoms with Crippen molar-refractivity contribution in [3.05, 3.63) is 72.3 Å². The number of aromatic hydroxyl groups is 1. The van der Waals surface area contributed by atoms with Crippen LogP contribution < -0.4 is 5.73 Å². The minimum Gasteiger partial charge on any atom is -0.497 e. The smallest absolute Gasteiger partial charge is 0.338 e. The van der Waals surface area contributed by atoms with Crippen molar-refractivity contribution in [3.63, 3.8) is 0 Å². The minimum absolute atomic E-state index is 0.294. The van der Waals surface area contributed by atoms with Crippen LogP contribution in [0.4, 0.5) is 22.7 Å². The first kappa shape index (κ1) is 26.7. The highest BCUT2D eigenvalue weighted by molar-refractivity contribution is 5.89. The number of hydrogen-bond donors (Lipinski definition) is 2. The van der Waals surface area contributed by atoms with Crippen molar-refractivity contribution in [2.24, 2.45) is 0 Å². The van der Waals surface area contributed by atoms with Gasteiger partial charge in [0.25, 0.3) is 11.4 Å². The summed E-state index contributed by atoms with van der Waals surface area (Å²) in [5.41, 5.74) is 3.73. The fraction of sp³-hybridized carbons (Fsp3) is 0.316. The monoisotopic (exact) mass is 465 g/mol. The third-order valence-electron chi connectivity index (χ3n) is 4.34. The predicted octanol–water partition coefficient (Wildman–Crippen LogP) is 2.88. The van der Waals surface area contributed by atoms with Gasteiger partial charge in [0.05, 0.1) is 32.5 Å². The first-order valence-corrected chi connectivity index (χ1v) is 9.56. The molecule has 0 fully saturated rings. The second-order valence-corrected chi connectivity index (χ2v) is 6.39. The van der Waals surface area contributed by atoms with Gasteiger partial charge in [0.1, 0.15) is 6.61 Å². The van der Waals surface area contributed by atoms with Gasteiger partial charge in [-0.15, -0.1) is 0 Å². The number of nitro groups is 3. The molecule has 0 saturated carbocycles. The van der Waals surface area contributed by atoms with E-state index in [0.29, 0.717) is 30.0 Å². The molecule has 2 aromatic carbocycles. The highest BCUT2D eigenvalue weighted by atomic mass is 16.6. The van der Waals surface area contributed by atoms with Crippen LogP contribution in [-0.4, -0.2) is 57.0 Å². The van der Waals surface area contributed by atoms with E-state index in [2.05, 4.69) is 18.7 Å². The molecule has 0 bridgehead atoms. The lowest BCUT2D eigenvalue weighted by Crippen LogP contribution is -2.27. The van der Waals surface area contributed by atoms with Crippen LogP contribution in [0.15, 0.2) is 36.4 Å². The van der Waals surface area contributed by atoms with Gasteiger partial charge in [-0.1, -0.05) is 13.8 Å². The van der Waals surface area contributed by atoms with Crippen molar-refractivity contribution in [1.29, 1.82) is 0 Å². The Morgan fingerprint density at radius 2 is 1.45 bits per heavy atom. The zero-order valence-corrected chi connectivity index (χ0v) is 17.9. The molecule has 0 aliphatic carbocycles. The summed E-state index contributed by atoms with van der Waals surface area (Å²) in [7, 11) is 0. The number of phenols is 1. The van der Waals surface area contributed by atoms with Gasteiger partial charge >= 0.3 is 17.3 Å². The lowest BCUT2D eigenvalue weighted by Gasteiger charge is -2.17. The summed E-state index contributed by atoms with van der Waals surface area (Å²) in [5, 5.41) is 40.2. The van der Waals surface area contributed by atoms with E-state index in [-0.39, 0.29) is 5.97 Å². The normalized spacial score (nSPS) is 10.2. The summed E-state index contributed by atoms with van der Waals surface area (Å²) in [6, 6.07) is 7.64. The van der Waals surface area contributed by atoms with E-state index in [0.717, 1.165) is 19.6 Å². The Hall–Kier alpha value is -4.33. The van der Waals surface area contributed by atoms with Crippen molar-refractivity contribution < 1.29 is 29.4 Å². The number of rotatable bonds is 9. The van der Waals surface area contributed by atoms with Crippen molar-refractivity contribution in [2.45, 2.75) is 13.8 Å². The van der Waals surface area contributed by atoms with Crippen LogP contribution in [-0.2, 0) is 4.74 Å². The predicted molar refractivity (Wildman–Crippen MR) is 117 cm³/mol. The number of benzene rings is 2. The van der Waals surface area contributed by atoms with Gasteiger partial charge in [0, 0.05) is 12.2 Å². The van der Waals surface area contributed by atoms with Crippen molar-refractivity contribution in [3.8, 4) is 5.75 Å². The molecule has 14 nitrogen and oxygen atoms in total. The second kappa shape index (κ2) is 12.5. The minimum atomic E-state index is -1.21. The number of likely N-dealkylation sites (N-methyl/N-ethyl adjacent to an activating group) is 1. The topological polar surface area (TPSA) is 205 Å². The van der Waals surface area contributed by atoms with Crippen LogP contribution in [0.5, 0.6) is 5.75 Å². The number of nitrogen functional groups attached to an aromatic ring is 1. The summed E-state index contributed by atoms with van der Waals surface area (Å²) in [6.45, 7) is 7.31. The van der Waals surface area contributed by atoms with E-state index in [1.54, 1.807) is 24.3 Å². The number of phenolic OH excluding ortho intramolecular Hbond substituents is 1. The van der Waals surface area contributed by atoms with Crippen LogP contribution in [0.25, 0.3) is 0 Å². The molecule has 0 aliphatic rings. The molecule has 14 heteroatoms. The summed E-state index contributed by atoms with van der Waals surface area (Å²) in [6.07, 6.45) is 0. The number of hydrogen-bond acceptors (Lipinski definition) is 11. The summed E-state index contributed by atoms with van der Waals surface area (Å²) < 4.78 is 5.18. The van der Waals surface area contributed by atoms with Crippen LogP contribution in [0.2, 0.25) is 0 Å². The first-order chi connectivity index (χ1) is 15.5. The Kier molecular flexibility index (Phi) is 10.1. The van der Waals surface area contributed by atoms with Gasteiger partial charge in [-0.2, -0.15) is 0 Å². The van der Waals surface area contributed by atoms with Crippen molar-refractivity contribution in [1.82, 2.24) is 4.90 Å². The van der Waals surface area contributed by atoms with E-state index in [4.69, 9.17) is 15.6 Å². The number of carbonyl (C=O) groups is 1. The number of carbonyl (C=O) groups excluding carboxylic acids is 1. The maximum absolute atomic E-state index is 11.6. The molecule has 33 heavy (non-hydrogen) atoms. The van der Waals surface area contributed by atoms with Gasteiger partial charge in [0.2, 0.25) is 0 Å². The van der Waals surface area contributed by atoms with Gasteiger partial charge in [-0.25, -0.2) is 4.79 Å². The summed E-state index contributed by atoms with van der Waals surface area (Å²) >= 11 is 0. The maximum Gasteiger partial charge on any atom is 0.338 e.